The highest BCUT2D eigenvalue weighted by molar-refractivity contribution is 5.95. The van der Waals surface area contributed by atoms with E-state index in [-0.39, 0.29) is 36.1 Å². The summed E-state index contributed by atoms with van der Waals surface area (Å²) in [6.45, 7) is 3.33. The molecule has 3 rings (SSSR count). The molecule has 2 N–H and O–H groups in total. The van der Waals surface area contributed by atoms with E-state index in [1.165, 1.54) is 4.90 Å². The number of benzene rings is 1. The van der Waals surface area contributed by atoms with Crippen LogP contribution in [0.15, 0.2) is 24.3 Å². The third kappa shape index (κ3) is 4.98. The first-order valence-corrected chi connectivity index (χ1v) is 10.6. The molecule has 30 heavy (non-hydrogen) atoms. The van der Waals surface area contributed by atoms with E-state index in [1.54, 1.807) is 24.1 Å². The zero-order chi connectivity index (χ0) is 21.7. The van der Waals surface area contributed by atoms with Gasteiger partial charge < -0.3 is 20.4 Å². The van der Waals surface area contributed by atoms with Crippen molar-refractivity contribution in [3.8, 4) is 0 Å². The Kier molecular flexibility index (Phi) is 7.07. The standard InChI is InChI=1S/C22H30N4O4/c1-15-7-9-16(10-8-15)22(30)25-11-3-5-17(14-25)20(28)24-13-19(27)26-12-4-6-18(26)21(29)23-2/h7-10,17-18H,3-6,11-14H2,1-2H3,(H,23,29)(H,24,28). The third-order valence-corrected chi connectivity index (χ3v) is 5.91. The zero-order valence-corrected chi connectivity index (χ0v) is 17.6. The molecule has 2 saturated heterocycles. The predicted octanol–water partition coefficient (Wildman–Crippen LogP) is 0.700. The summed E-state index contributed by atoms with van der Waals surface area (Å²) in [5, 5.41) is 5.30. The van der Waals surface area contributed by atoms with Crippen molar-refractivity contribution in [1.29, 1.82) is 0 Å². The Morgan fingerprint density at radius 3 is 2.40 bits per heavy atom. The van der Waals surface area contributed by atoms with Crippen LogP contribution in [-0.2, 0) is 14.4 Å². The van der Waals surface area contributed by atoms with E-state index in [1.807, 2.05) is 19.1 Å². The second-order valence-electron chi connectivity index (χ2n) is 8.03. The SMILES string of the molecule is CNC(=O)C1CCCN1C(=O)CNC(=O)C1CCCN(C(=O)c2ccc(C)cc2)C1. The maximum absolute atomic E-state index is 12.7. The highest BCUT2D eigenvalue weighted by Crippen LogP contribution is 2.20. The summed E-state index contributed by atoms with van der Waals surface area (Å²) >= 11 is 0. The molecule has 2 aliphatic rings. The first-order chi connectivity index (χ1) is 14.4. The van der Waals surface area contributed by atoms with Crippen LogP contribution in [0.5, 0.6) is 0 Å². The van der Waals surface area contributed by atoms with Crippen LogP contribution in [0.2, 0.25) is 0 Å². The normalized spacial score (nSPS) is 21.3. The summed E-state index contributed by atoms with van der Waals surface area (Å²) in [5.74, 6) is -1.06. The fraction of sp³-hybridized carbons (Fsp3) is 0.545. The maximum atomic E-state index is 12.7. The number of piperidine rings is 1. The Labute approximate surface area is 177 Å². The molecule has 0 bridgehead atoms. The number of nitrogens with one attached hydrogen (secondary N) is 2. The largest absolute Gasteiger partial charge is 0.357 e. The molecule has 0 aromatic heterocycles. The molecule has 2 atom stereocenters. The number of carbonyl (C=O) groups excluding carboxylic acids is 4. The topological polar surface area (TPSA) is 98.8 Å². The van der Waals surface area contributed by atoms with Crippen LogP contribution < -0.4 is 10.6 Å². The molecule has 162 valence electrons. The first kappa shape index (κ1) is 21.8. The number of rotatable bonds is 5. The molecule has 2 aliphatic heterocycles. The molecule has 1 aromatic rings. The van der Waals surface area contributed by atoms with Crippen molar-refractivity contribution >= 4 is 23.6 Å². The van der Waals surface area contributed by atoms with E-state index < -0.39 is 6.04 Å². The van der Waals surface area contributed by atoms with Gasteiger partial charge in [0.1, 0.15) is 6.04 Å². The Morgan fingerprint density at radius 2 is 1.70 bits per heavy atom. The van der Waals surface area contributed by atoms with Gasteiger partial charge in [0.15, 0.2) is 0 Å². The lowest BCUT2D eigenvalue weighted by molar-refractivity contribution is -0.139. The second kappa shape index (κ2) is 9.73. The fourth-order valence-corrected chi connectivity index (χ4v) is 4.17. The lowest BCUT2D eigenvalue weighted by Gasteiger charge is -2.32. The molecule has 1 aromatic carbocycles. The molecular weight excluding hydrogens is 384 g/mol. The molecule has 0 spiro atoms. The van der Waals surface area contributed by atoms with E-state index in [2.05, 4.69) is 10.6 Å². The number of likely N-dealkylation sites (N-methyl/N-ethyl adjacent to an activating group) is 1. The van der Waals surface area contributed by atoms with E-state index in [4.69, 9.17) is 0 Å². The van der Waals surface area contributed by atoms with Crippen LogP contribution in [0.1, 0.15) is 41.6 Å². The number of likely N-dealkylation sites (tertiary alicyclic amines) is 2. The van der Waals surface area contributed by atoms with Crippen molar-refractivity contribution in [3.05, 3.63) is 35.4 Å². The molecule has 0 radical (unpaired) electrons. The summed E-state index contributed by atoms with van der Waals surface area (Å²) in [6.07, 6.45) is 2.84. The summed E-state index contributed by atoms with van der Waals surface area (Å²) < 4.78 is 0. The summed E-state index contributed by atoms with van der Waals surface area (Å²) in [4.78, 5) is 53.1. The lowest BCUT2D eigenvalue weighted by atomic mass is 9.96. The number of hydrogen-bond donors (Lipinski definition) is 2. The van der Waals surface area contributed by atoms with Crippen molar-refractivity contribution in [1.82, 2.24) is 20.4 Å². The van der Waals surface area contributed by atoms with Gasteiger partial charge in [-0.15, -0.1) is 0 Å². The predicted molar refractivity (Wildman–Crippen MR) is 112 cm³/mol. The number of carbonyl (C=O) groups is 4. The Balaban J connectivity index is 1.52. The van der Waals surface area contributed by atoms with E-state index >= 15 is 0 Å². The average Bonchev–Trinajstić information content (AvgIpc) is 3.27. The molecule has 0 aliphatic carbocycles. The van der Waals surface area contributed by atoms with Crippen molar-refractivity contribution in [3.63, 3.8) is 0 Å². The monoisotopic (exact) mass is 414 g/mol. The lowest BCUT2D eigenvalue weighted by Crippen LogP contribution is -2.50. The fourth-order valence-electron chi connectivity index (χ4n) is 4.17. The number of amides is 4. The minimum Gasteiger partial charge on any atom is -0.357 e. The van der Waals surface area contributed by atoms with Crippen LogP contribution in [-0.4, -0.2) is 72.7 Å². The number of hydrogen-bond acceptors (Lipinski definition) is 4. The Bertz CT molecular complexity index is 808. The highest BCUT2D eigenvalue weighted by atomic mass is 16.2. The Morgan fingerprint density at radius 1 is 1.00 bits per heavy atom. The quantitative estimate of drug-likeness (QED) is 0.741. The van der Waals surface area contributed by atoms with Gasteiger partial charge >= 0.3 is 0 Å². The molecule has 2 fully saturated rings. The van der Waals surface area contributed by atoms with Gasteiger partial charge in [-0.3, -0.25) is 19.2 Å². The average molecular weight is 415 g/mol. The van der Waals surface area contributed by atoms with Crippen LogP contribution in [0.3, 0.4) is 0 Å². The number of nitrogens with zero attached hydrogens (tertiary/aromatic N) is 2. The van der Waals surface area contributed by atoms with Crippen molar-refractivity contribution in [2.75, 3.05) is 33.2 Å². The number of aryl methyl sites for hydroxylation is 1. The van der Waals surface area contributed by atoms with Gasteiger partial charge in [-0.05, 0) is 44.7 Å². The molecule has 4 amide bonds. The van der Waals surface area contributed by atoms with Crippen molar-refractivity contribution < 1.29 is 19.2 Å². The minimum atomic E-state index is -0.461. The molecule has 2 heterocycles. The van der Waals surface area contributed by atoms with Gasteiger partial charge in [-0.1, -0.05) is 17.7 Å². The van der Waals surface area contributed by atoms with E-state index in [0.29, 0.717) is 38.0 Å². The Hall–Kier alpha value is -2.90. The van der Waals surface area contributed by atoms with Crippen LogP contribution >= 0.6 is 0 Å². The smallest absolute Gasteiger partial charge is 0.253 e. The first-order valence-electron chi connectivity index (χ1n) is 10.6. The van der Waals surface area contributed by atoms with Gasteiger partial charge in [0, 0.05) is 32.2 Å². The van der Waals surface area contributed by atoms with Crippen molar-refractivity contribution in [2.45, 2.75) is 38.6 Å². The summed E-state index contributed by atoms with van der Waals surface area (Å²) in [7, 11) is 1.55. The van der Waals surface area contributed by atoms with Gasteiger partial charge in [0.25, 0.3) is 5.91 Å². The van der Waals surface area contributed by atoms with Gasteiger partial charge in [-0.25, -0.2) is 0 Å². The highest BCUT2D eigenvalue weighted by Gasteiger charge is 2.34. The molecule has 8 heteroatoms. The molecular formula is C22H30N4O4. The molecule has 0 saturated carbocycles. The maximum Gasteiger partial charge on any atom is 0.253 e. The second-order valence-corrected chi connectivity index (χ2v) is 8.03. The molecule has 8 nitrogen and oxygen atoms in total. The van der Waals surface area contributed by atoms with Crippen LogP contribution in [0.4, 0.5) is 0 Å². The third-order valence-electron chi connectivity index (χ3n) is 5.91. The van der Waals surface area contributed by atoms with E-state index in [9.17, 15) is 19.2 Å². The van der Waals surface area contributed by atoms with E-state index in [0.717, 1.165) is 18.4 Å². The molecule has 2 unspecified atom stereocenters. The van der Waals surface area contributed by atoms with Gasteiger partial charge in [0.2, 0.25) is 17.7 Å². The summed E-state index contributed by atoms with van der Waals surface area (Å²) in [6, 6.07) is 6.95. The van der Waals surface area contributed by atoms with Crippen LogP contribution in [0, 0.1) is 12.8 Å². The van der Waals surface area contributed by atoms with Crippen molar-refractivity contribution in [2.24, 2.45) is 5.92 Å². The van der Waals surface area contributed by atoms with Gasteiger partial charge in [0.05, 0.1) is 12.5 Å². The minimum absolute atomic E-state index is 0.0749. The van der Waals surface area contributed by atoms with Crippen LogP contribution in [0.25, 0.3) is 0 Å². The summed E-state index contributed by atoms with van der Waals surface area (Å²) in [5.41, 5.74) is 1.70. The zero-order valence-electron chi connectivity index (χ0n) is 17.6. The van der Waals surface area contributed by atoms with Gasteiger partial charge in [-0.2, -0.15) is 0 Å².